The summed E-state index contributed by atoms with van der Waals surface area (Å²) in [5.74, 6) is 1.71. The van der Waals surface area contributed by atoms with Crippen molar-refractivity contribution in [1.29, 1.82) is 0 Å². The number of aryl methyl sites for hydroxylation is 1. The summed E-state index contributed by atoms with van der Waals surface area (Å²) >= 11 is 3.45. The van der Waals surface area contributed by atoms with E-state index in [1.807, 2.05) is 19.9 Å². The molecule has 2 heterocycles. The Morgan fingerprint density at radius 1 is 1.12 bits per heavy atom. The molecule has 4 rings (SSSR count). The Kier molecular flexibility index (Phi) is 8.32. The molecule has 182 valence electrons. The molecule has 0 atom stereocenters. The SMILES string of the molecule is CCN(CC)S(=O)(=O)NCC1CCC(CNc2nc3c(s2)CCSc2ccc(F)cc2-3)CC1. The molecule has 2 aliphatic rings. The van der Waals surface area contributed by atoms with Crippen LogP contribution >= 0.6 is 23.1 Å². The van der Waals surface area contributed by atoms with Crippen LogP contribution in [-0.4, -0.2) is 49.6 Å². The van der Waals surface area contributed by atoms with Crippen molar-refractivity contribution < 1.29 is 12.8 Å². The zero-order valence-electron chi connectivity index (χ0n) is 19.3. The average molecular weight is 513 g/mol. The van der Waals surface area contributed by atoms with Crippen molar-refractivity contribution in [3.63, 3.8) is 0 Å². The van der Waals surface area contributed by atoms with Crippen molar-refractivity contribution in [2.75, 3.05) is 37.2 Å². The monoisotopic (exact) mass is 512 g/mol. The molecule has 0 saturated heterocycles. The van der Waals surface area contributed by atoms with Crippen LogP contribution < -0.4 is 10.0 Å². The van der Waals surface area contributed by atoms with Crippen molar-refractivity contribution in [3.8, 4) is 11.3 Å². The van der Waals surface area contributed by atoms with Gasteiger partial charge in [-0.1, -0.05) is 13.8 Å². The lowest BCUT2D eigenvalue weighted by Gasteiger charge is -2.29. The van der Waals surface area contributed by atoms with Gasteiger partial charge in [0.05, 0.1) is 5.69 Å². The average Bonchev–Trinajstić information content (AvgIpc) is 3.14. The van der Waals surface area contributed by atoms with Crippen LogP contribution in [0.4, 0.5) is 9.52 Å². The van der Waals surface area contributed by atoms with E-state index >= 15 is 0 Å². The van der Waals surface area contributed by atoms with Gasteiger partial charge in [0, 0.05) is 47.3 Å². The van der Waals surface area contributed by atoms with Gasteiger partial charge in [0.15, 0.2) is 5.13 Å². The number of rotatable bonds is 9. The van der Waals surface area contributed by atoms with Crippen LogP contribution in [0.25, 0.3) is 11.3 Å². The van der Waals surface area contributed by atoms with Gasteiger partial charge in [-0.15, -0.1) is 23.1 Å². The molecule has 10 heteroatoms. The molecule has 2 aromatic rings. The van der Waals surface area contributed by atoms with E-state index in [1.54, 1.807) is 29.2 Å². The van der Waals surface area contributed by atoms with Crippen LogP contribution in [0.1, 0.15) is 44.4 Å². The lowest BCUT2D eigenvalue weighted by molar-refractivity contribution is 0.282. The van der Waals surface area contributed by atoms with Crippen LogP contribution in [0.15, 0.2) is 23.1 Å². The standard InChI is InChI=1S/C23H33FN4O2S3/c1-3-28(4-2)33(29,30)26-15-17-7-5-16(6-8-17)14-25-23-27-22-19-13-18(24)9-10-20(19)31-12-11-21(22)32-23/h9-10,13,16-17,26H,3-8,11-12,14-15H2,1-2H3,(H,25,27). The third-order valence-electron chi connectivity index (χ3n) is 6.59. The Bertz CT molecular complexity index is 1050. The second-order valence-electron chi connectivity index (χ2n) is 8.74. The lowest BCUT2D eigenvalue weighted by Crippen LogP contribution is -2.42. The highest BCUT2D eigenvalue weighted by Crippen LogP contribution is 2.41. The number of aromatic nitrogens is 1. The van der Waals surface area contributed by atoms with Gasteiger partial charge >= 0.3 is 0 Å². The van der Waals surface area contributed by atoms with Crippen LogP contribution in [0, 0.1) is 17.7 Å². The molecule has 0 bridgehead atoms. The summed E-state index contributed by atoms with van der Waals surface area (Å²) in [6, 6.07) is 4.98. The molecule has 6 nitrogen and oxygen atoms in total. The van der Waals surface area contributed by atoms with Crippen molar-refractivity contribution in [2.45, 2.75) is 50.8 Å². The number of nitrogens with zero attached hydrogens (tertiary/aromatic N) is 2. The third-order valence-corrected chi connectivity index (χ3v) is 10.5. The Labute approximate surface area is 204 Å². The molecule has 2 N–H and O–H groups in total. The van der Waals surface area contributed by atoms with Crippen LogP contribution in [0.3, 0.4) is 0 Å². The number of nitrogens with one attached hydrogen (secondary N) is 2. The van der Waals surface area contributed by atoms with Crippen molar-refractivity contribution in [2.24, 2.45) is 11.8 Å². The fourth-order valence-corrected chi connectivity index (χ4v) is 8.05. The molecule has 1 aliphatic heterocycles. The molecule has 0 spiro atoms. The van der Waals surface area contributed by atoms with Crippen LogP contribution in [0.5, 0.6) is 0 Å². The fourth-order valence-electron chi connectivity index (χ4n) is 4.62. The number of thiazole rings is 1. The van der Waals surface area contributed by atoms with Crippen LogP contribution in [0.2, 0.25) is 0 Å². The maximum absolute atomic E-state index is 13.9. The molecule has 0 amide bonds. The molecule has 1 fully saturated rings. The van der Waals surface area contributed by atoms with Gasteiger partial charge in [-0.05, 0) is 62.1 Å². The minimum atomic E-state index is -3.37. The molecule has 0 radical (unpaired) electrons. The summed E-state index contributed by atoms with van der Waals surface area (Å²) in [5, 5.41) is 4.44. The summed E-state index contributed by atoms with van der Waals surface area (Å²) in [7, 11) is -3.37. The van der Waals surface area contributed by atoms with Gasteiger partial charge in [-0.3, -0.25) is 0 Å². The predicted octanol–water partition coefficient (Wildman–Crippen LogP) is 4.99. The lowest BCUT2D eigenvalue weighted by atomic mass is 9.82. The first-order valence-electron chi connectivity index (χ1n) is 11.8. The second-order valence-corrected chi connectivity index (χ2v) is 12.7. The van der Waals surface area contributed by atoms with Gasteiger partial charge in [0.2, 0.25) is 0 Å². The number of fused-ring (bicyclic) bond motifs is 3. The summed E-state index contributed by atoms with van der Waals surface area (Å²) in [5.41, 5.74) is 1.83. The molecule has 0 unspecified atom stereocenters. The Balaban J connectivity index is 1.28. The molecule has 1 saturated carbocycles. The van der Waals surface area contributed by atoms with E-state index in [1.165, 1.54) is 15.2 Å². The molecule has 1 aromatic heterocycles. The number of thioether (sulfide) groups is 1. The zero-order valence-corrected chi connectivity index (χ0v) is 21.7. The minimum Gasteiger partial charge on any atom is -0.361 e. The van der Waals surface area contributed by atoms with E-state index in [4.69, 9.17) is 4.98 Å². The molecule has 1 aromatic carbocycles. The smallest absolute Gasteiger partial charge is 0.279 e. The van der Waals surface area contributed by atoms with E-state index in [9.17, 15) is 12.8 Å². The summed E-state index contributed by atoms with van der Waals surface area (Å²) in [6.45, 7) is 6.09. The Morgan fingerprint density at radius 3 is 2.52 bits per heavy atom. The summed E-state index contributed by atoms with van der Waals surface area (Å²) in [6.07, 6.45) is 5.18. The highest BCUT2D eigenvalue weighted by Gasteiger charge is 2.25. The predicted molar refractivity (Wildman–Crippen MR) is 136 cm³/mol. The molecular formula is C23H33FN4O2S3. The van der Waals surface area contributed by atoms with Crippen molar-refractivity contribution in [1.82, 2.24) is 14.0 Å². The van der Waals surface area contributed by atoms with E-state index in [0.29, 0.717) is 31.5 Å². The van der Waals surface area contributed by atoms with E-state index in [0.717, 1.165) is 65.7 Å². The first-order valence-corrected chi connectivity index (χ1v) is 15.0. The number of hydrogen-bond acceptors (Lipinski definition) is 6. The van der Waals surface area contributed by atoms with Gasteiger partial charge in [0.25, 0.3) is 10.2 Å². The van der Waals surface area contributed by atoms with Gasteiger partial charge in [0.1, 0.15) is 5.82 Å². The van der Waals surface area contributed by atoms with E-state index in [2.05, 4.69) is 10.0 Å². The topological polar surface area (TPSA) is 74.3 Å². The minimum absolute atomic E-state index is 0.221. The van der Waals surface area contributed by atoms with Crippen molar-refractivity contribution >= 4 is 38.4 Å². The molecule has 1 aliphatic carbocycles. The van der Waals surface area contributed by atoms with Crippen molar-refractivity contribution in [3.05, 3.63) is 28.9 Å². The third kappa shape index (κ3) is 6.08. The number of halogens is 1. The molecular weight excluding hydrogens is 479 g/mol. The summed E-state index contributed by atoms with van der Waals surface area (Å²) in [4.78, 5) is 7.15. The van der Waals surface area contributed by atoms with Crippen LogP contribution in [-0.2, 0) is 16.6 Å². The first-order chi connectivity index (χ1) is 15.9. The quantitative estimate of drug-likeness (QED) is 0.495. The normalized spacial score (nSPS) is 20.8. The second kappa shape index (κ2) is 11.0. The maximum Gasteiger partial charge on any atom is 0.279 e. The highest BCUT2D eigenvalue weighted by atomic mass is 32.2. The number of anilines is 1. The Morgan fingerprint density at radius 2 is 1.82 bits per heavy atom. The largest absolute Gasteiger partial charge is 0.361 e. The summed E-state index contributed by atoms with van der Waals surface area (Å²) < 4.78 is 42.8. The van der Waals surface area contributed by atoms with Gasteiger partial charge in [-0.25, -0.2) is 14.1 Å². The Hall–Kier alpha value is -1.20. The molecule has 33 heavy (non-hydrogen) atoms. The maximum atomic E-state index is 13.9. The van der Waals surface area contributed by atoms with Gasteiger partial charge < -0.3 is 5.32 Å². The van der Waals surface area contributed by atoms with E-state index in [-0.39, 0.29) is 5.82 Å². The number of benzene rings is 1. The first kappa shape index (κ1) is 24.9. The number of hydrogen-bond donors (Lipinski definition) is 2. The fraction of sp³-hybridized carbons (Fsp3) is 0.609. The zero-order chi connectivity index (χ0) is 23.4. The highest BCUT2D eigenvalue weighted by molar-refractivity contribution is 7.99. The van der Waals surface area contributed by atoms with Gasteiger partial charge in [-0.2, -0.15) is 12.7 Å². The van der Waals surface area contributed by atoms with E-state index < -0.39 is 10.2 Å².